The van der Waals surface area contributed by atoms with Crippen LogP contribution in [-0.2, 0) is 16.1 Å². The molecule has 1 aliphatic heterocycles. The molecule has 0 aliphatic carbocycles. The van der Waals surface area contributed by atoms with Gasteiger partial charge in [0.25, 0.3) is 0 Å². The molecule has 2 rings (SSSR count). The zero-order valence-electron chi connectivity index (χ0n) is 10.1. The van der Waals surface area contributed by atoms with Gasteiger partial charge in [0.05, 0.1) is 13.2 Å². The lowest BCUT2D eigenvalue weighted by Gasteiger charge is -2.29. The van der Waals surface area contributed by atoms with Crippen molar-refractivity contribution < 1.29 is 9.53 Å². The molecule has 0 unspecified atom stereocenters. The molecule has 1 fully saturated rings. The van der Waals surface area contributed by atoms with Crippen LogP contribution in [0.1, 0.15) is 5.56 Å². The van der Waals surface area contributed by atoms with E-state index in [1.165, 1.54) is 5.69 Å². The number of hydrogen-bond donors (Lipinski definition) is 0. The van der Waals surface area contributed by atoms with E-state index >= 15 is 0 Å². The summed E-state index contributed by atoms with van der Waals surface area (Å²) in [6.45, 7) is 4.17. The summed E-state index contributed by atoms with van der Waals surface area (Å²) in [6, 6.07) is 8.37. The number of morpholine rings is 1. The largest absolute Gasteiger partial charge is 0.378 e. The first-order valence-electron chi connectivity index (χ1n) is 5.87. The highest BCUT2D eigenvalue weighted by Gasteiger charge is 2.10. The smallest absolute Gasteiger partial charge is 0.209 e. The van der Waals surface area contributed by atoms with Crippen LogP contribution in [-0.4, -0.2) is 44.7 Å². The van der Waals surface area contributed by atoms with E-state index in [1.54, 1.807) is 11.9 Å². The number of carbonyl (C=O) groups excluding carboxylic acids is 1. The van der Waals surface area contributed by atoms with E-state index in [9.17, 15) is 4.79 Å². The number of ether oxygens (including phenoxy) is 1. The zero-order chi connectivity index (χ0) is 12.1. The molecule has 4 heteroatoms. The summed E-state index contributed by atoms with van der Waals surface area (Å²) in [6.07, 6.45) is 0.843. The third-order valence-electron chi connectivity index (χ3n) is 2.92. The maximum atomic E-state index is 10.5. The molecule has 0 N–H and O–H groups in total. The monoisotopic (exact) mass is 234 g/mol. The van der Waals surface area contributed by atoms with Gasteiger partial charge >= 0.3 is 0 Å². The molecule has 1 aromatic carbocycles. The maximum absolute atomic E-state index is 10.5. The highest BCUT2D eigenvalue weighted by molar-refractivity contribution is 5.49. The summed E-state index contributed by atoms with van der Waals surface area (Å²) in [5.41, 5.74) is 2.38. The second kappa shape index (κ2) is 5.68. The Kier molecular flexibility index (Phi) is 3.98. The summed E-state index contributed by atoms with van der Waals surface area (Å²) in [5.74, 6) is 0. The Balaban J connectivity index is 1.99. The van der Waals surface area contributed by atoms with Crippen molar-refractivity contribution in [2.24, 2.45) is 0 Å². The molecule has 1 heterocycles. The molecule has 1 aromatic rings. The van der Waals surface area contributed by atoms with Gasteiger partial charge in [0.1, 0.15) is 0 Å². The normalized spacial score (nSPS) is 15.7. The van der Waals surface area contributed by atoms with Crippen LogP contribution in [0.5, 0.6) is 0 Å². The lowest BCUT2D eigenvalue weighted by atomic mass is 10.2. The summed E-state index contributed by atoms with van der Waals surface area (Å²) in [4.78, 5) is 14.5. The highest BCUT2D eigenvalue weighted by Crippen LogP contribution is 2.17. The van der Waals surface area contributed by atoms with Crippen LogP contribution < -0.4 is 4.90 Å². The molecule has 0 atom stereocenters. The molecule has 0 spiro atoms. The van der Waals surface area contributed by atoms with E-state index < -0.39 is 0 Å². The fraction of sp³-hybridized carbons (Fsp3) is 0.462. The summed E-state index contributed by atoms with van der Waals surface area (Å²) in [5, 5.41) is 0. The molecule has 1 saturated heterocycles. The minimum atomic E-state index is 0.660. The minimum absolute atomic E-state index is 0.660. The van der Waals surface area contributed by atoms with Gasteiger partial charge in [0, 0.05) is 32.4 Å². The van der Waals surface area contributed by atoms with Crippen molar-refractivity contribution in [2.75, 3.05) is 38.3 Å². The average Bonchev–Trinajstić information content (AvgIpc) is 2.40. The Morgan fingerprint density at radius 2 is 1.94 bits per heavy atom. The summed E-state index contributed by atoms with van der Waals surface area (Å²) >= 11 is 0. The lowest BCUT2D eigenvalue weighted by molar-refractivity contribution is -0.117. The van der Waals surface area contributed by atoms with Gasteiger partial charge in [-0.3, -0.25) is 4.79 Å². The zero-order valence-corrected chi connectivity index (χ0v) is 10.1. The molecule has 4 nitrogen and oxygen atoms in total. The van der Waals surface area contributed by atoms with E-state index in [-0.39, 0.29) is 0 Å². The molecule has 0 radical (unpaired) electrons. The number of amides is 1. The van der Waals surface area contributed by atoms with Gasteiger partial charge in [-0.2, -0.15) is 0 Å². The van der Waals surface area contributed by atoms with Crippen LogP contribution in [0.4, 0.5) is 5.69 Å². The van der Waals surface area contributed by atoms with Crippen molar-refractivity contribution >= 4 is 12.1 Å². The van der Waals surface area contributed by atoms with Gasteiger partial charge in [-0.1, -0.05) is 12.1 Å². The molecule has 1 amide bonds. The molecule has 0 aromatic heterocycles. The number of carbonyl (C=O) groups is 1. The SMILES string of the molecule is CN(C=O)Cc1ccc(N2CCOCC2)cc1. The topological polar surface area (TPSA) is 32.8 Å². The molecule has 0 bridgehead atoms. The second-order valence-corrected chi connectivity index (χ2v) is 4.29. The standard InChI is InChI=1S/C13H18N2O2/c1-14(11-16)10-12-2-4-13(5-3-12)15-6-8-17-9-7-15/h2-5,11H,6-10H2,1H3. The van der Waals surface area contributed by atoms with Crippen molar-refractivity contribution in [1.82, 2.24) is 4.90 Å². The van der Waals surface area contributed by atoms with Crippen molar-refractivity contribution in [3.63, 3.8) is 0 Å². The molecular weight excluding hydrogens is 216 g/mol. The first kappa shape index (κ1) is 11.9. The third-order valence-corrected chi connectivity index (χ3v) is 2.92. The van der Waals surface area contributed by atoms with Crippen LogP contribution >= 0.6 is 0 Å². The fourth-order valence-electron chi connectivity index (χ4n) is 1.96. The van der Waals surface area contributed by atoms with Gasteiger partial charge in [-0.25, -0.2) is 0 Å². The molecule has 92 valence electrons. The first-order valence-corrected chi connectivity index (χ1v) is 5.87. The van der Waals surface area contributed by atoms with E-state index in [1.807, 2.05) is 0 Å². The van der Waals surface area contributed by atoms with Crippen molar-refractivity contribution in [2.45, 2.75) is 6.54 Å². The van der Waals surface area contributed by atoms with Crippen LogP contribution in [0.3, 0.4) is 0 Å². The van der Waals surface area contributed by atoms with Crippen molar-refractivity contribution in [1.29, 1.82) is 0 Å². The quantitative estimate of drug-likeness (QED) is 0.732. The van der Waals surface area contributed by atoms with Crippen molar-refractivity contribution in [3.05, 3.63) is 29.8 Å². The van der Waals surface area contributed by atoms with Crippen LogP contribution in [0.15, 0.2) is 24.3 Å². The van der Waals surface area contributed by atoms with E-state index in [0.717, 1.165) is 38.3 Å². The van der Waals surface area contributed by atoms with Crippen LogP contribution in [0.25, 0.3) is 0 Å². The third kappa shape index (κ3) is 3.20. The average molecular weight is 234 g/mol. The fourth-order valence-corrected chi connectivity index (χ4v) is 1.96. The van der Waals surface area contributed by atoms with Gasteiger partial charge in [0.15, 0.2) is 0 Å². The van der Waals surface area contributed by atoms with Gasteiger partial charge in [-0.05, 0) is 17.7 Å². The first-order chi connectivity index (χ1) is 8.29. The number of hydrogen-bond acceptors (Lipinski definition) is 3. The van der Waals surface area contributed by atoms with Gasteiger partial charge in [-0.15, -0.1) is 0 Å². The van der Waals surface area contributed by atoms with Crippen molar-refractivity contribution in [3.8, 4) is 0 Å². The predicted octanol–water partition coefficient (Wildman–Crippen LogP) is 1.11. The number of rotatable bonds is 4. The summed E-state index contributed by atoms with van der Waals surface area (Å²) < 4.78 is 5.32. The Hall–Kier alpha value is -1.55. The predicted molar refractivity (Wildman–Crippen MR) is 67.0 cm³/mol. The Labute approximate surface area is 102 Å². The number of nitrogens with zero attached hydrogens (tertiary/aromatic N) is 2. The van der Waals surface area contributed by atoms with Gasteiger partial charge < -0.3 is 14.5 Å². The lowest BCUT2D eigenvalue weighted by Crippen LogP contribution is -2.36. The molecule has 17 heavy (non-hydrogen) atoms. The van der Waals surface area contributed by atoms with Gasteiger partial charge in [0.2, 0.25) is 6.41 Å². The Bertz CT molecular complexity index is 358. The molecule has 0 saturated carbocycles. The maximum Gasteiger partial charge on any atom is 0.209 e. The minimum Gasteiger partial charge on any atom is -0.378 e. The molecule has 1 aliphatic rings. The number of anilines is 1. The Morgan fingerprint density at radius 3 is 2.53 bits per heavy atom. The second-order valence-electron chi connectivity index (χ2n) is 4.29. The van der Waals surface area contributed by atoms with E-state index in [4.69, 9.17) is 4.74 Å². The number of benzene rings is 1. The van der Waals surface area contributed by atoms with E-state index in [2.05, 4.69) is 29.2 Å². The highest BCUT2D eigenvalue weighted by atomic mass is 16.5. The van der Waals surface area contributed by atoms with Crippen LogP contribution in [0, 0.1) is 0 Å². The molecular formula is C13H18N2O2. The van der Waals surface area contributed by atoms with Crippen LogP contribution in [0.2, 0.25) is 0 Å². The van der Waals surface area contributed by atoms with E-state index in [0.29, 0.717) is 6.54 Å². The Morgan fingerprint density at radius 1 is 1.29 bits per heavy atom. The summed E-state index contributed by atoms with van der Waals surface area (Å²) in [7, 11) is 1.78.